The normalized spacial score (nSPS) is 11.5. The molecule has 0 unspecified atom stereocenters. The summed E-state index contributed by atoms with van der Waals surface area (Å²) >= 11 is 11.5. The zero-order chi connectivity index (χ0) is 10.4. The Morgan fingerprint density at radius 1 is 1.36 bits per heavy atom. The van der Waals surface area contributed by atoms with Crippen LogP contribution in [0.2, 0.25) is 0 Å². The van der Waals surface area contributed by atoms with Gasteiger partial charge in [-0.05, 0) is 30.2 Å². The summed E-state index contributed by atoms with van der Waals surface area (Å²) in [5.41, 5.74) is 1.06. The molecule has 0 bridgehead atoms. The third kappa shape index (κ3) is 3.60. The fourth-order valence-electron chi connectivity index (χ4n) is 1.04. The lowest BCUT2D eigenvalue weighted by Gasteiger charge is -2.00. The smallest absolute Gasteiger partial charge is 0.118 e. The minimum absolute atomic E-state index is 0.547. The molecule has 0 saturated carbocycles. The average Bonchev–Trinajstić information content (AvgIpc) is 2.19. The molecule has 0 aromatic heterocycles. The monoisotopic (exact) mass is 230 g/mol. The second-order valence-corrected chi connectivity index (χ2v) is 3.67. The lowest BCUT2D eigenvalue weighted by atomic mass is 10.2. The molecule has 14 heavy (non-hydrogen) atoms. The maximum absolute atomic E-state index is 5.93. The van der Waals surface area contributed by atoms with Crippen LogP contribution in [0.3, 0.4) is 0 Å². The van der Waals surface area contributed by atoms with Gasteiger partial charge < -0.3 is 4.74 Å². The van der Waals surface area contributed by atoms with E-state index >= 15 is 0 Å². The quantitative estimate of drug-likeness (QED) is 0.714. The predicted octanol–water partition coefficient (Wildman–Crippen LogP) is 3.90. The molecule has 0 atom stereocenters. The van der Waals surface area contributed by atoms with Crippen molar-refractivity contribution in [3.05, 3.63) is 34.9 Å². The van der Waals surface area contributed by atoms with Crippen LogP contribution in [-0.2, 0) is 0 Å². The van der Waals surface area contributed by atoms with Crippen LogP contribution in [0.15, 0.2) is 29.3 Å². The summed E-state index contributed by atoms with van der Waals surface area (Å²) in [5.74, 6) is 1.39. The number of alkyl halides is 1. The van der Waals surface area contributed by atoms with E-state index in [1.165, 1.54) is 0 Å². The first-order valence-electron chi connectivity index (χ1n) is 4.32. The molecular weight excluding hydrogens is 219 g/mol. The van der Waals surface area contributed by atoms with E-state index in [1.54, 1.807) is 7.11 Å². The molecule has 1 rings (SSSR count). The van der Waals surface area contributed by atoms with E-state index < -0.39 is 0 Å². The van der Waals surface area contributed by atoms with Crippen LogP contribution in [0.5, 0.6) is 5.75 Å². The number of rotatable bonds is 4. The number of benzene rings is 1. The minimum Gasteiger partial charge on any atom is -0.497 e. The highest BCUT2D eigenvalue weighted by Gasteiger charge is 1.94. The number of methoxy groups -OCH3 is 1. The number of halogens is 2. The standard InChI is InChI=1S/C11H12Cl2O/c1-14-11-4-2-9(3-5-11)8-10(13)6-7-12/h2-5,8H,6-7H2,1H3/b10-8+. The van der Waals surface area contributed by atoms with Crippen LogP contribution in [0.25, 0.3) is 6.08 Å². The highest BCUT2D eigenvalue weighted by molar-refractivity contribution is 6.32. The Kier molecular flexibility index (Phi) is 4.85. The van der Waals surface area contributed by atoms with Crippen LogP contribution >= 0.6 is 23.2 Å². The summed E-state index contributed by atoms with van der Waals surface area (Å²) < 4.78 is 5.05. The van der Waals surface area contributed by atoms with E-state index in [2.05, 4.69) is 0 Å². The molecule has 0 heterocycles. The van der Waals surface area contributed by atoms with E-state index in [0.717, 1.165) is 16.3 Å². The summed E-state index contributed by atoms with van der Waals surface area (Å²) in [7, 11) is 1.64. The van der Waals surface area contributed by atoms with Gasteiger partial charge in [0.2, 0.25) is 0 Å². The molecule has 76 valence electrons. The third-order valence-corrected chi connectivity index (χ3v) is 2.26. The van der Waals surface area contributed by atoms with Gasteiger partial charge >= 0.3 is 0 Å². The molecule has 1 aromatic carbocycles. The Bertz CT molecular complexity index is 304. The molecule has 0 aliphatic rings. The average molecular weight is 231 g/mol. The number of hydrogen-bond acceptors (Lipinski definition) is 1. The molecule has 0 fully saturated rings. The topological polar surface area (TPSA) is 9.23 Å². The Morgan fingerprint density at radius 2 is 2.00 bits per heavy atom. The second-order valence-electron chi connectivity index (χ2n) is 2.80. The SMILES string of the molecule is COc1ccc(/C=C(/Cl)CCCl)cc1. The lowest BCUT2D eigenvalue weighted by molar-refractivity contribution is 0.415. The maximum Gasteiger partial charge on any atom is 0.118 e. The molecular formula is C11H12Cl2O. The van der Waals surface area contributed by atoms with Gasteiger partial charge in [-0.2, -0.15) is 0 Å². The maximum atomic E-state index is 5.93. The zero-order valence-corrected chi connectivity index (χ0v) is 9.48. The van der Waals surface area contributed by atoms with Crippen LogP contribution in [0.1, 0.15) is 12.0 Å². The molecule has 0 radical (unpaired) electrons. The van der Waals surface area contributed by atoms with E-state index in [0.29, 0.717) is 12.3 Å². The van der Waals surface area contributed by atoms with Gasteiger partial charge in [-0.25, -0.2) is 0 Å². The third-order valence-electron chi connectivity index (χ3n) is 1.77. The van der Waals surface area contributed by atoms with Gasteiger partial charge in [-0.3, -0.25) is 0 Å². The Hall–Kier alpha value is -0.660. The highest BCUT2D eigenvalue weighted by atomic mass is 35.5. The van der Waals surface area contributed by atoms with Crippen molar-refractivity contribution in [2.24, 2.45) is 0 Å². The van der Waals surface area contributed by atoms with Crippen LogP contribution in [-0.4, -0.2) is 13.0 Å². The molecule has 0 spiro atoms. The van der Waals surface area contributed by atoms with Crippen molar-refractivity contribution in [1.82, 2.24) is 0 Å². The van der Waals surface area contributed by atoms with Gasteiger partial charge in [-0.1, -0.05) is 23.7 Å². The van der Waals surface area contributed by atoms with Gasteiger partial charge in [0, 0.05) is 10.9 Å². The number of ether oxygens (including phenoxy) is 1. The van der Waals surface area contributed by atoms with Gasteiger partial charge in [0.1, 0.15) is 5.75 Å². The summed E-state index contributed by atoms with van der Waals surface area (Å²) in [6, 6.07) is 7.71. The largest absolute Gasteiger partial charge is 0.497 e. The van der Waals surface area contributed by atoms with E-state index in [9.17, 15) is 0 Å². The van der Waals surface area contributed by atoms with E-state index in [-0.39, 0.29) is 0 Å². The Balaban J connectivity index is 2.72. The van der Waals surface area contributed by atoms with Crippen molar-refractivity contribution < 1.29 is 4.74 Å². The van der Waals surface area contributed by atoms with Crippen LogP contribution in [0, 0.1) is 0 Å². The molecule has 1 nitrogen and oxygen atoms in total. The predicted molar refractivity (Wildman–Crippen MR) is 62.2 cm³/mol. The molecule has 0 saturated heterocycles. The van der Waals surface area contributed by atoms with Crippen molar-refractivity contribution in [2.45, 2.75) is 6.42 Å². The van der Waals surface area contributed by atoms with Crippen molar-refractivity contribution >= 4 is 29.3 Å². The second kappa shape index (κ2) is 5.94. The Morgan fingerprint density at radius 3 is 2.50 bits per heavy atom. The summed E-state index contributed by atoms with van der Waals surface area (Å²) in [6.07, 6.45) is 2.61. The molecule has 0 aliphatic carbocycles. The molecule has 1 aromatic rings. The summed E-state index contributed by atoms with van der Waals surface area (Å²) in [5, 5.41) is 0.769. The minimum atomic E-state index is 0.547. The fraction of sp³-hybridized carbons (Fsp3) is 0.273. The van der Waals surface area contributed by atoms with Crippen molar-refractivity contribution in [3.63, 3.8) is 0 Å². The van der Waals surface area contributed by atoms with Gasteiger partial charge in [0.15, 0.2) is 0 Å². The summed E-state index contributed by atoms with van der Waals surface area (Å²) in [6.45, 7) is 0. The van der Waals surface area contributed by atoms with Crippen LogP contribution < -0.4 is 4.74 Å². The first-order valence-corrected chi connectivity index (χ1v) is 5.23. The molecule has 0 amide bonds. The van der Waals surface area contributed by atoms with E-state index in [1.807, 2.05) is 30.3 Å². The van der Waals surface area contributed by atoms with Gasteiger partial charge in [0.05, 0.1) is 7.11 Å². The number of hydrogen-bond donors (Lipinski definition) is 0. The van der Waals surface area contributed by atoms with Gasteiger partial charge in [0.25, 0.3) is 0 Å². The molecule has 0 aliphatic heterocycles. The van der Waals surface area contributed by atoms with Crippen molar-refractivity contribution in [1.29, 1.82) is 0 Å². The summed E-state index contributed by atoms with van der Waals surface area (Å²) in [4.78, 5) is 0. The fourth-order valence-corrected chi connectivity index (χ4v) is 1.56. The van der Waals surface area contributed by atoms with Gasteiger partial charge in [-0.15, -0.1) is 11.6 Å². The lowest BCUT2D eigenvalue weighted by Crippen LogP contribution is -1.82. The molecule has 0 N–H and O–H groups in total. The Labute approximate surface area is 94.3 Å². The zero-order valence-electron chi connectivity index (χ0n) is 7.97. The van der Waals surface area contributed by atoms with Crippen LogP contribution in [0.4, 0.5) is 0 Å². The first-order chi connectivity index (χ1) is 6.76. The van der Waals surface area contributed by atoms with Crippen molar-refractivity contribution in [3.8, 4) is 5.75 Å². The molecule has 3 heteroatoms. The van der Waals surface area contributed by atoms with E-state index in [4.69, 9.17) is 27.9 Å². The van der Waals surface area contributed by atoms with Crippen molar-refractivity contribution in [2.75, 3.05) is 13.0 Å². The number of allylic oxidation sites excluding steroid dienone is 1. The first kappa shape index (κ1) is 11.4. The highest BCUT2D eigenvalue weighted by Crippen LogP contribution is 2.17.